The molecule has 30 heavy (non-hydrogen) atoms. The van der Waals surface area contributed by atoms with Crippen LogP contribution in [-0.2, 0) is 21.3 Å². The van der Waals surface area contributed by atoms with Crippen molar-refractivity contribution in [2.45, 2.75) is 39.3 Å². The zero-order valence-electron chi connectivity index (χ0n) is 17.6. The summed E-state index contributed by atoms with van der Waals surface area (Å²) in [5.41, 5.74) is 5.29. The fourth-order valence-corrected chi connectivity index (χ4v) is 4.39. The van der Waals surface area contributed by atoms with Gasteiger partial charge in [0, 0.05) is 31.6 Å². The maximum atomic E-state index is 12.8. The molecular formula is C23H27N3O3S. The van der Waals surface area contributed by atoms with Crippen LogP contribution >= 0.6 is 12.3 Å². The number of hydrogen-bond acceptors (Lipinski definition) is 5. The third-order valence-electron chi connectivity index (χ3n) is 5.61. The Morgan fingerprint density at radius 3 is 2.77 bits per heavy atom. The van der Waals surface area contributed by atoms with E-state index in [1.54, 1.807) is 7.11 Å². The Hall–Kier alpha value is -2.35. The first-order valence-corrected chi connectivity index (χ1v) is 11.0. The van der Waals surface area contributed by atoms with Gasteiger partial charge >= 0.3 is 0 Å². The van der Waals surface area contributed by atoms with Crippen LogP contribution < -0.4 is 0 Å². The summed E-state index contributed by atoms with van der Waals surface area (Å²) in [6.45, 7) is 6.42. The molecule has 3 aromatic rings. The molecular weight excluding hydrogens is 398 g/mol. The van der Waals surface area contributed by atoms with Crippen LogP contribution in [-0.4, -0.2) is 46.7 Å². The molecule has 1 aliphatic rings. The van der Waals surface area contributed by atoms with Gasteiger partial charge < -0.3 is 9.47 Å². The van der Waals surface area contributed by atoms with Crippen LogP contribution in [0.4, 0.5) is 0 Å². The van der Waals surface area contributed by atoms with Crippen molar-refractivity contribution in [1.82, 2.24) is 14.5 Å². The van der Waals surface area contributed by atoms with Gasteiger partial charge in [0.25, 0.3) is 5.91 Å². The average Bonchev–Trinajstić information content (AvgIpc) is 3.37. The summed E-state index contributed by atoms with van der Waals surface area (Å²) in [5.74, 6) is 1.10. The molecule has 6 nitrogen and oxygen atoms in total. The van der Waals surface area contributed by atoms with Gasteiger partial charge in [-0.25, -0.2) is 4.98 Å². The Morgan fingerprint density at radius 1 is 1.23 bits per heavy atom. The molecule has 1 amide bonds. The van der Waals surface area contributed by atoms with Crippen LogP contribution in [0.15, 0.2) is 42.5 Å². The number of carbonyl (C=O) groups excluding carboxylic acids is 1. The number of carbonyl (C=O) groups is 1. The Morgan fingerprint density at radius 2 is 2.03 bits per heavy atom. The highest BCUT2D eigenvalue weighted by atomic mass is 32.2. The zero-order chi connectivity index (χ0) is 21.1. The maximum Gasteiger partial charge on any atom is 0.253 e. The van der Waals surface area contributed by atoms with Crippen LogP contribution in [0.1, 0.15) is 40.7 Å². The molecule has 1 fully saturated rings. The Balaban J connectivity index is 1.46. The summed E-state index contributed by atoms with van der Waals surface area (Å²) in [6, 6.07) is 14.2. The number of aryl methyl sites for hydroxylation is 2. The van der Waals surface area contributed by atoms with Gasteiger partial charge in [-0.05, 0) is 49.6 Å². The van der Waals surface area contributed by atoms with E-state index < -0.39 is 0 Å². The molecule has 0 aliphatic carbocycles. The van der Waals surface area contributed by atoms with Crippen LogP contribution in [0.2, 0.25) is 0 Å². The van der Waals surface area contributed by atoms with E-state index in [1.165, 1.54) is 11.1 Å². The second-order valence-electron chi connectivity index (χ2n) is 7.58. The van der Waals surface area contributed by atoms with Gasteiger partial charge in [0.2, 0.25) is 0 Å². The van der Waals surface area contributed by atoms with Crippen LogP contribution in [0.3, 0.4) is 0 Å². The molecule has 2 heterocycles. The smallest absolute Gasteiger partial charge is 0.253 e. The minimum absolute atomic E-state index is 0.0173. The van der Waals surface area contributed by atoms with E-state index in [0.717, 1.165) is 48.6 Å². The summed E-state index contributed by atoms with van der Waals surface area (Å²) in [4.78, 5) is 19.5. The maximum absolute atomic E-state index is 12.8. The summed E-state index contributed by atoms with van der Waals surface area (Å²) < 4.78 is 12.6. The highest BCUT2D eigenvalue weighted by Gasteiger charge is 2.28. The van der Waals surface area contributed by atoms with Gasteiger partial charge in [-0.1, -0.05) is 24.3 Å². The molecule has 7 heteroatoms. The number of amides is 1. The van der Waals surface area contributed by atoms with E-state index in [4.69, 9.17) is 13.4 Å². The number of likely N-dealkylation sites (tertiary alicyclic amines) is 1. The molecule has 1 saturated heterocycles. The first-order chi connectivity index (χ1) is 14.6. The first kappa shape index (κ1) is 20.9. The molecule has 2 aromatic carbocycles. The number of para-hydroxylation sites is 1. The van der Waals surface area contributed by atoms with Gasteiger partial charge in [0.05, 0.1) is 24.2 Å². The van der Waals surface area contributed by atoms with Crippen molar-refractivity contribution in [3.05, 3.63) is 65.0 Å². The third kappa shape index (κ3) is 4.24. The zero-order valence-corrected chi connectivity index (χ0v) is 18.4. The molecule has 4 rings (SSSR count). The highest BCUT2D eigenvalue weighted by Crippen LogP contribution is 2.23. The Labute approximate surface area is 181 Å². The molecule has 0 N–H and O–H groups in total. The van der Waals surface area contributed by atoms with Crippen LogP contribution in [0.25, 0.3) is 11.0 Å². The van der Waals surface area contributed by atoms with E-state index in [9.17, 15) is 4.79 Å². The predicted octanol–water partition coefficient (Wildman–Crippen LogP) is 4.40. The summed E-state index contributed by atoms with van der Waals surface area (Å²) in [5, 5.41) is 0. The van der Waals surface area contributed by atoms with Gasteiger partial charge in [-0.2, -0.15) is 0 Å². The van der Waals surface area contributed by atoms with Gasteiger partial charge in [-0.15, -0.1) is 0 Å². The molecule has 0 spiro atoms. The lowest BCUT2D eigenvalue weighted by Crippen LogP contribution is -2.29. The van der Waals surface area contributed by atoms with E-state index in [1.807, 2.05) is 29.2 Å². The molecule has 0 bridgehead atoms. The van der Waals surface area contributed by atoms with Gasteiger partial charge in [0.15, 0.2) is 12.3 Å². The monoisotopic (exact) mass is 425 g/mol. The molecule has 1 aromatic heterocycles. The Kier molecular flexibility index (Phi) is 6.41. The van der Waals surface area contributed by atoms with Crippen molar-refractivity contribution in [2.24, 2.45) is 0 Å². The Bertz CT molecular complexity index is 1030. The lowest BCUT2D eigenvalue weighted by molar-refractivity contribution is 0.0775. The van der Waals surface area contributed by atoms with Crippen LogP contribution in [0.5, 0.6) is 0 Å². The summed E-state index contributed by atoms with van der Waals surface area (Å²) >= 11 is 0.977. The molecule has 158 valence electrons. The van der Waals surface area contributed by atoms with E-state index >= 15 is 0 Å². The standard InChI is InChI=1S/C23H27N3O3S/c1-4-26-20-7-5-6-16(2)22(20)24-21(26)14-17-8-10-18(11-9-17)23(27)25-13-12-19(15-25)29-30-28-3/h5-11,19H,4,12-15H2,1-3H3. The number of benzene rings is 2. The minimum Gasteiger partial charge on any atom is -0.336 e. The highest BCUT2D eigenvalue weighted by molar-refractivity contribution is 7.89. The van der Waals surface area contributed by atoms with E-state index in [2.05, 4.69) is 36.6 Å². The van der Waals surface area contributed by atoms with Crippen molar-refractivity contribution in [2.75, 3.05) is 20.2 Å². The number of aromatic nitrogens is 2. The number of nitrogens with zero attached hydrogens (tertiary/aromatic N) is 3. The average molecular weight is 426 g/mol. The number of hydrogen-bond donors (Lipinski definition) is 0. The van der Waals surface area contributed by atoms with Gasteiger partial charge in [0.1, 0.15) is 5.82 Å². The molecule has 0 saturated carbocycles. The lowest BCUT2D eigenvalue weighted by Gasteiger charge is -2.16. The number of imidazole rings is 1. The van der Waals surface area contributed by atoms with Crippen molar-refractivity contribution in [1.29, 1.82) is 0 Å². The fourth-order valence-electron chi connectivity index (χ4n) is 4.04. The van der Waals surface area contributed by atoms with E-state index in [0.29, 0.717) is 18.7 Å². The number of fused-ring (bicyclic) bond motifs is 1. The van der Waals surface area contributed by atoms with Crippen molar-refractivity contribution in [3.8, 4) is 0 Å². The summed E-state index contributed by atoms with van der Waals surface area (Å²) in [6.07, 6.45) is 1.58. The quantitative estimate of drug-likeness (QED) is 0.525. The van der Waals surface area contributed by atoms with Crippen molar-refractivity contribution < 1.29 is 13.2 Å². The fraction of sp³-hybridized carbons (Fsp3) is 0.391. The molecule has 1 aliphatic heterocycles. The molecule has 1 unspecified atom stereocenters. The molecule has 1 atom stereocenters. The second kappa shape index (κ2) is 9.20. The molecule has 0 radical (unpaired) electrons. The van der Waals surface area contributed by atoms with Crippen molar-refractivity contribution in [3.63, 3.8) is 0 Å². The predicted molar refractivity (Wildman–Crippen MR) is 119 cm³/mol. The third-order valence-corrected chi connectivity index (χ3v) is 6.10. The SMILES string of the molecule is CCn1c(Cc2ccc(C(=O)N3CCC(OSOC)C3)cc2)nc2c(C)cccc21. The topological polar surface area (TPSA) is 56.6 Å². The van der Waals surface area contributed by atoms with Crippen LogP contribution in [0, 0.1) is 6.92 Å². The van der Waals surface area contributed by atoms with Gasteiger partial charge in [-0.3, -0.25) is 13.2 Å². The first-order valence-electron chi connectivity index (χ1n) is 10.3. The largest absolute Gasteiger partial charge is 0.336 e. The second-order valence-corrected chi connectivity index (χ2v) is 8.24. The number of rotatable bonds is 7. The summed E-state index contributed by atoms with van der Waals surface area (Å²) in [7, 11) is 1.57. The normalized spacial score (nSPS) is 16.5. The van der Waals surface area contributed by atoms with E-state index in [-0.39, 0.29) is 12.0 Å². The minimum atomic E-state index is 0.0173. The van der Waals surface area contributed by atoms with Crippen molar-refractivity contribution >= 4 is 29.3 Å². The lowest BCUT2D eigenvalue weighted by atomic mass is 10.1.